The fraction of sp³-hybridized carbons (Fsp3) is 0.133. The molecule has 2 N–H and O–H groups in total. The molecule has 0 heterocycles. The Morgan fingerprint density at radius 3 is 2.32 bits per heavy atom. The Bertz CT molecular complexity index is 540. The van der Waals surface area contributed by atoms with E-state index < -0.39 is 6.04 Å². The van der Waals surface area contributed by atoms with Crippen LogP contribution in [0.1, 0.15) is 28.4 Å². The molecule has 3 nitrogen and oxygen atoms in total. The summed E-state index contributed by atoms with van der Waals surface area (Å²) in [6.45, 7) is 0. The lowest BCUT2D eigenvalue weighted by molar-refractivity contribution is 0.0869. The molecule has 98 valence electrons. The third-order valence-electron chi connectivity index (χ3n) is 2.91. The van der Waals surface area contributed by atoms with Crippen LogP contribution in [0.15, 0.2) is 54.6 Å². The van der Waals surface area contributed by atoms with Gasteiger partial charge in [-0.1, -0.05) is 54.1 Å². The Balaban J connectivity index is 2.11. The van der Waals surface area contributed by atoms with Crippen LogP contribution in [0.25, 0.3) is 0 Å². The van der Waals surface area contributed by atoms with Gasteiger partial charge in [0.2, 0.25) is 0 Å². The van der Waals surface area contributed by atoms with Gasteiger partial charge in [-0.15, -0.1) is 0 Å². The lowest BCUT2D eigenvalue weighted by Crippen LogP contribution is -2.20. The Kier molecular flexibility index (Phi) is 4.68. The van der Waals surface area contributed by atoms with Crippen molar-refractivity contribution in [1.29, 1.82) is 0 Å². The molecule has 0 amide bonds. The second-order valence-corrected chi connectivity index (χ2v) is 4.66. The molecule has 2 aromatic rings. The number of benzene rings is 2. The van der Waals surface area contributed by atoms with Gasteiger partial charge in [0.1, 0.15) is 0 Å². The summed E-state index contributed by atoms with van der Waals surface area (Å²) >= 11 is 5.81. The van der Waals surface area contributed by atoms with E-state index >= 15 is 0 Å². The normalized spacial score (nSPS) is 12.1. The number of Topliss-reactive ketones (excluding diaryl/α,β-unsaturated/α-hetero) is 1. The van der Waals surface area contributed by atoms with Crippen molar-refractivity contribution in [2.45, 2.75) is 12.5 Å². The quantitative estimate of drug-likeness (QED) is 0.647. The summed E-state index contributed by atoms with van der Waals surface area (Å²) in [6, 6.07) is 15.6. The Labute approximate surface area is 116 Å². The molecule has 1 atom stereocenters. The van der Waals surface area contributed by atoms with Gasteiger partial charge in [-0.3, -0.25) is 4.79 Å². The van der Waals surface area contributed by atoms with E-state index in [1.54, 1.807) is 36.4 Å². The van der Waals surface area contributed by atoms with Crippen LogP contribution in [0.3, 0.4) is 0 Å². The smallest absolute Gasteiger partial charge is 0.164 e. The molecule has 0 bridgehead atoms. The predicted octanol–water partition coefficient (Wildman–Crippen LogP) is 3.63. The average Bonchev–Trinajstić information content (AvgIpc) is 2.46. The Hall–Kier alpha value is -1.68. The first-order valence-corrected chi connectivity index (χ1v) is 6.32. The highest BCUT2D eigenvalue weighted by Gasteiger charge is 2.16. The van der Waals surface area contributed by atoms with Crippen LogP contribution < -0.4 is 5.48 Å². The SMILES string of the molecule is O=C(CC(NO)c1ccc(Cl)cc1)c1ccccc1. The number of hydroxylamine groups is 1. The Morgan fingerprint density at radius 2 is 1.74 bits per heavy atom. The number of carbonyl (C=O) groups is 1. The third-order valence-corrected chi connectivity index (χ3v) is 3.17. The van der Waals surface area contributed by atoms with E-state index in [0.717, 1.165) is 5.56 Å². The molecule has 1 unspecified atom stereocenters. The number of rotatable bonds is 5. The zero-order valence-electron chi connectivity index (χ0n) is 10.2. The first kappa shape index (κ1) is 13.7. The topological polar surface area (TPSA) is 49.3 Å². The molecule has 0 spiro atoms. The van der Waals surface area contributed by atoms with Gasteiger partial charge in [0.05, 0.1) is 6.04 Å². The van der Waals surface area contributed by atoms with Crippen molar-refractivity contribution in [3.8, 4) is 0 Å². The molecule has 2 aromatic carbocycles. The number of hydrogen-bond acceptors (Lipinski definition) is 3. The lowest BCUT2D eigenvalue weighted by atomic mass is 9.98. The fourth-order valence-corrected chi connectivity index (χ4v) is 1.99. The predicted molar refractivity (Wildman–Crippen MR) is 74.5 cm³/mol. The van der Waals surface area contributed by atoms with Crippen LogP contribution >= 0.6 is 11.6 Å². The molecule has 2 rings (SSSR count). The van der Waals surface area contributed by atoms with Crippen molar-refractivity contribution in [1.82, 2.24) is 5.48 Å². The molecule has 4 heteroatoms. The average molecular weight is 276 g/mol. The largest absolute Gasteiger partial charge is 0.316 e. The van der Waals surface area contributed by atoms with Crippen LogP contribution in [0.5, 0.6) is 0 Å². The molecular formula is C15H14ClNO2. The second-order valence-electron chi connectivity index (χ2n) is 4.23. The van der Waals surface area contributed by atoms with Crippen LogP contribution in [0.4, 0.5) is 0 Å². The van der Waals surface area contributed by atoms with E-state index in [9.17, 15) is 10.0 Å². The first-order chi connectivity index (χ1) is 9.20. The first-order valence-electron chi connectivity index (χ1n) is 5.94. The van der Waals surface area contributed by atoms with Gasteiger partial charge in [-0.2, -0.15) is 5.48 Å². The van der Waals surface area contributed by atoms with Crippen molar-refractivity contribution in [3.05, 3.63) is 70.7 Å². The zero-order chi connectivity index (χ0) is 13.7. The summed E-state index contributed by atoms with van der Waals surface area (Å²) in [5.41, 5.74) is 3.63. The molecule has 0 aliphatic heterocycles. The summed E-state index contributed by atoms with van der Waals surface area (Å²) in [4.78, 5) is 12.1. The van der Waals surface area contributed by atoms with Gasteiger partial charge in [0.25, 0.3) is 0 Å². The van der Waals surface area contributed by atoms with Gasteiger partial charge in [0.15, 0.2) is 5.78 Å². The lowest BCUT2D eigenvalue weighted by Gasteiger charge is -2.14. The number of nitrogens with one attached hydrogen (secondary N) is 1. The summed E-state index contributed by atoms with van der Waals surface area (Å²) < 4.78 is 0. The fourth-order valence-electron chi connectivity index (χ4n) is 1.86. The molecule has 0 aliphatic rings. The van der Waals surface area contributed by atoms with Crippen molar-refractivity contribution in [2.24, 2.45) is 0 Å². The molecule has 0 saturated carbocycles. The summed E-state index contributed by atoms with van der Waals surface area (Å²) in [6.07, 6.45) is 0.183. The number of ketones is 1. The van der Waals surface area contributed by atoms with Crippen LogP contribution in [-0.2, 0) is 0 Å². The maximum Gasteiger partial charge on any atom is 0.164 e. The van der Waals surface area contributed by atoms with Crippen LogP contribution in [-0.4, -0.2) is 11.0 Å². The molecule has 0 fully saturated rings. The van der Waals surface area contributed by atoms with E-state index in [1.165, 1.54) is 0 Å². The second kappa shape index (κ2) is 6.48. The van der Waals surface area contributed by atoms with E-state index in [-0.39, 0.29) is 12.2 Å². The number of hydrogen-bond donors (Lipinski definition) is 2. The van der Waals surface area contributed by atoms with Crippen LogP contribution in [0, 0.1) is 0 Å². The highest BCUT2D eigenvalue weighted by molar-refractivity contribution is 6.30. The highest BCUT2D eigenvalue weighted by atomic mass is 35.5. The van der Waals surface area contributed by atoms with Gasteiger partial charge in [-0.25, -0.2) is 0 Å². The van der Waals surface area contributed by atoms with Gasteiger partial charge in [0, 0.05) is 17.0 Å². The number of halogens is 1. The molecule has 19 heavy (non-hydrogen) atoms. The van der Waals surface area contributed by atoms with Crippen molar-refractivity contribution in [2.75, 3.05) is 0 Å². The molecule has 0 aliphatic carbocycles. The van der Waals surface area contributed by atoms with E-state index in [2.05, 4.69) is 5.48 Å². The number of carbonyl (C=O) groups excluding carboxylic acids is 1. The van der Waals surface area contributed by atoms with Crippen LogP contribution in [0.2, 0.25) is 5.02 Å². The van der Waals surface area contributed by atoms with Crippen molar-refractivity contribution >= 4 is 17.4 Å². The summed E-state index contributed by atoms with van der Waals surface area (Å²) in [5.74, 6) is -0.0258. The summed E-state index contributed by atoms with van der Waals surface area (Å²) in [5, 5.41) is 9.83. The third kappa shape index (κ3) is 3.64. The van der Waals surface area contributed by atoms with E-state index in [4.69, 9.17) is 11.6 Å². The minimum atomic E-state index is -0.440. The van der Waals surface area contributed by atoms with Gasteiger partial charge in [-0.05, 0) is 17.7 Å². The van der Waals surface area contributed by atoms with Crippen molar-refractivity contribution < 1.29 is 10.0 Å². The van der Waals surface area contributed by atoms with Gasteiger partial charge < -0.3 is 5.21 Å². The molecule has 0 aromatic heterocycles. The minimum absolute atomic E-state index is 0.0258. The minimum Gasteiger partial charge on any atom is -0.316 e. The monoisotopic (exact) mass is 275 g/mol. The maximum absolute atomic E-state index is 12.1. The Morgan fingerprint density at radius 1 is 1.11 bits per heavy atom. The van der Waals surface area contributed by atoms with Crippen molar-refractivity contribution in [3.63, 3.8) is 0 Å². The molecule has 0 saturated heterocycles. The van der Waals surface area contributed by atoms with E-state index in [0.29, 0.717) is 10.6 Å². The van der Waals surface area contributed by atoms with Gasteiger partial charge >= 0.3 is 0 Å². The zero-order valence-corrected chi connectivity index (χ0v) is 11.0. The highest BCUT2D eigenvalue weighted by Crippen LogP contribution is 2.20. The molecule has 0 radical (unpaired) electrons. The standard InChI is InChI=1S/C15H14ClNO2/c16-13-8-6-11(7-9-13)14(17-19)10-15(18)12-4-2-1-3-5-12/h1-9,14,17,19H,10H2. The maximum atomic E-state index is 12.1. The van der Waals surface area contributed by atoms with E-state index in [1.807, 2.05) is 18.2 Å². The summed E-state index contributed by atoms with van der Waals surface area (Å²) in [7, 11) is 0. The molecular weight excluding hydrogens is 262 g/mol.